The van der Waals surface area contributed by atoms with E-state index in [-0.39, 0.29) is 42.7 Å². The second-order valence-corrected chi connectivity index (χ2v) is 9.48. The maximum absolute atomic E-state index is 13.5. The quantitative estimate of drug-likeness (QED) is 0.546. The van der Waals surface area contributed by atoms with E-state index in [4.69, 9.17) is 9.47 Å². The van der Waals surface area contributed by atoms with Gasteiger partial charge in [0, 0.05) is 67.3 Å². The van der Waals surface area contributed by atoms with Crippen molar-refractivity contribution in [3.8, 4) is 22.6 Å². The number of nitrogens with one attached hydrogen (secondary N) is 1. The van der Waals surface area contributed by atoms with Crippen LogP contribution in [0, 0.1) is 11.8 Å². The van der Waals surface area contributed by atoms with Crippen LogP contribution in [0.1, 0.15) is 24.2 Å². The van der Waals surface area contributed by atoms with Crippen molar-refractivity contribution in [1.29, 1.82) is 0 Å². The number of aliphatic hydroxyl groups excluding tert-OH is 1. The summed E-state index contributed by atoms with van der Waals surface area (Å²) < 4.78 is 12.8. The van der Waals surface area contributed by atoms with Gasteiger partial charge >= 0.3 is 0 Å². The van der Waals surface area contributed by atoms with E-state index in [0.29, 0.717) is 36.7 Å². The van der Waals surface area contributed by atoms with E-state index in [1.54, 1.807) is 17.0 Å². The maximum Gasteiger partial charge on any atom is 0.258 e. The first-order valence-electron chi connectivity index (χ1n) is 12.3. The highest BCUT2D eigenvalue weighted by Gasteiger charge is 2.55. The van der Waals surface area contributed by atoms with Crippen LogP contribution in [-0.2, 0) is 17.9 Å². The topological polar surface area (TPSA) is 106 Å². The molecule has 36 heavy (non-hydrogen) atoms. The fourth-order valence-corrected chi connectivity index (χ4v) is 6.06. The molecule has 6 rings (SSSR count). The average Bonchev–Trinajstić information content (AvgIpc) is 3.58. The highest BCUT2D eigenvalue weighted by Crippen LogP contribution is 2.50. The largest absolute Gasteiger partial charge is 0.454 e. The van der Waals surface area contributed by atoms with Crippen LogP contribution in [0.5, 0.6) is 11.5 Å². The Balaban J connectivity index is 1.42. The molecular weight excluding hydrogens is 460 g/mol. The number of hydrogen-bond acceptors (Lipinski definition) is 7. The molecule has 1 aromatic carbocycles. The molecule has 2 aromatic heterocycles. The number of hydrogen-bond donors (Lipinski definition) is 2. The van der Waals surface area contributed by atoms with Crippen molar-refractivity contribution < 1.29 is 19.4 Å². The fraction of sp³-hybridized carbons (Fsp3) is 0.370. The van der Waals surface area contributed by atoms with Gasteiger partial charge in [0.15, 0.2) is 11.5 Å². The molecule has 0 spiro atoms. The summed E-state index contributed by atoms with van der Waals surface area (Å²) in [5, 5.41) is 13.4. The molecule has 4 atom stereocenters. The number of benzene rings is 1. The zero-order valence-corrected chi connectivity index (χ0v) is 20.0. The van der Waals surface area contributed by atoms with E-state index in [2.05, 4.69) is 15.2 Å². The molecule has 1 fully saturated rings. The summed E-state index contributed by atoms with van der Waals surface area (Å²) in [6.07, 6.45) is 3.37. The normalized spacial score (nSPS) is 23.9. The molecule has 3 aliphatic rings. The van der Waals surface area contributed by atoms with Crippen LogP contribution in [0.3, 0.4) is 0 Å². The number of rotatable bonds is 6. The van der Waals surface area contributed by atoms with Gasteiger partial charge in [-0.2, -0.15) is 0 Å². The zero-order valence-electron chi connectivity index (χ0n) is 20.0. The Morgan fingerprint density at radius 2 is 2.06 bits per heavy atom. The minimum Gasteiger partial charge on any atom is -0.454 e. The van der Waals surface area contributed by atoms with Gasteiger partial charge in [-0.05, 0) is 42.8 Å². The molecule has 0 unspecified atom stereocenters. The highest BCUT2D eigenvalue weighted by molar-refractivity contribution is 5.82. The van der Waals surface area contributed by atoms with Gasteiger partial charge in [0.1, 0.15) is 0 Å². The first kappa shape index (κ1) is 22.8. The molecule has 9 nitrogen and oxygen atoms in total. The van der Waals surface area contributed by atoms with Crippen LogP contribution in [0.15, 0.2) is 59.7 Å². The second-order valence-electron chi connectivity index (χ2n) is 9.48. The van der Waals surface area contributed by atoms with Gasteiger partial charge in [-0.1, -0.05) is 12.1 Å². The molecule has 1 amide bonds. The summed E-state index contributed by atoms with van der Waals surface area (Å²) in [5.41, 5.74) is 3.12. The van der Waals surface area contributed by atoms with Gasteiger partial charge in [0.25, 0.3) is 5.56 Å². The standard InChI is InChI=1S/C27H28N4O5/c1-2-29-26(33)25-20(14-32)19-13-30-21(7-6-18(27(30)34)17-4-3-9-28-11-17)24(19)31(25)12-16-5-8-22-23(10-16)36-15-35-22/h3-11,19-20,24-25,32H,2,12-15H2,1H3,(H,29,33)/t19-,20-,24+,25-/m1/s1. The number of nitrogens with zero attached hydrogens (tertiary/aromatic N) is 3. The van der Waals surface area contributed by atoms with Crippen LogP contribution in [0.2, 0.25) is 0 Å². The first-order valence-corrected chi connectivity index (χ1v) is 12.3. The van der Waals surface area contributed by atoms with Gasteiger partial charge < -0.3 is 24.5 Å². The van der Waals surface area contributed by atoms with E-state index >= 15 is 0 Å². The molecule has 2 N–H and O–H groups in total. The summed E-state index contributed by atoms with van der Waals surface area (Å²) in [4.78, 5) is 33.1. The molecule has 1 saturated heterocycles. The molecule has 5 heterocycles. The number of amides is 1. The van der Waals surface area contributed by atoms with Crippen LogP contribution in [0.25, 0.3) is 11.1 Å². The van der Waals surface area contributed by atoms with Crippen molar-refractivity contribution in [3.63, 3.8) is 0 Å². The molecule has 3 aliphatic heterocycles. The lowest BCUT2D eigenvalue weighted by Crippen LogP contribution is -2.48. The van der Waals surface area contributed by atoms with Crippen LogP contribution in [-0.4, -0.2) is 51.5 Å². The highest BCUT2D eigenvalue weighted by atomic mass is 16.7. The van der Waals surface area contributed by atoms with E-state index in [1.807, 2.05) is 49.4 Å². The number of fused-ring (bicyclic) bond motifs is 4. The Bertz CT molecular complexity index is 1360. The molecule has 186 valence electrons. The Morgan fingerprint density at radius 1 is 1.19 bits per heavy atom. The van der Waals surface area contributed by atoms with E-state index in [9.17, 15) is 14.7 Å². The minimum atomic E-state index is -0.516. The minimum absolute atomic E-state index is 0.0755. The number of pyridine rings is 2. The van der Waals surface area contributed by atoms with Crippen molar-refractivity contribution in [2.75, 3.05) is 19.9 Å². The summed E-state index contributed by atoms with van der Waals surface area (Å²) in [7, 11) is 0. The number of likely N-dealkylation sites (tertiary alicyclic amines) is 1. The van der Waals surface area contributed by atoms with Gasteiger partial charge in [-0.3, -0.25) is 19.5 Å². The van der Waals surface area contributed by atoms with Crippen molar-refractivity contribution in [3.05, 3.63) is 76.5 Å². The van der Waals surface area contributed by atoms with Crippen molar-refractivity contribution >= 4 is 5.91 Å². The number of ether oxygens (including phenoxy) is 2. The predicted octanol–water partition coefficient (Wildman–Crippen LogP) is 1.94. The average molecular weight is 489 g/mol. The number of aromatic nitrogens is 2. The Kier molecular flexibility index (Phi) is 5.73. The van der Waals surface area contributed by atoms with Gasteiger partial charge in [-0.25, -0.2) is 0 Å². The summed E-state index contributed by atoms with van der Waals surface area (Å²) in [5.74, 6) is 0.894. The number of aliphatic hydroxyl groups is 1. The van der Waals surface area contributed by atoms with Crippen LogP contribution in [0.4, 0.5) is 0 Å². The lowest BCUT2D eigenvalue weighted by Gasteiger charge is -2.31. The molecule has 9 heteroatoms. The van der Waals surface area contributed by atoms with E-state index < -0.39 is 6.04 Å². The molecule has 0 bridgehead atoms. The molecule has 0 aliphatic carbocycles. The van der Waals surface area contributed by atoms with Crippen LogP contribution >= 0.6 is 0 Å². The van der Waals surface area contributed by atoms with Crippen molar-refractivity contribution in [2.45, 2.75) is 32.1 Å². The monoisotopic (exact) mass is 488 g/mol. The number of likely N-dealkylation sites (N-methyl/N-ethyl adjacent to an activating group) is 1. The van der Waals surface area contributed by atoms with Gasteiger partial charge in [0.05, 0.1) is 12.1 Å². The first-order chi connectivity index (χ1) is 17.6. The van der Waals surface area contributed by atoms with E-state index in [1.165, 1.54) is 0 Å². The zero-order chi connectivity index (χ0) is 24.8. The second kappa shape index (κ2) is 9.07. The lowest BCUT2D eigenvalue weighted by atomic mass is 9.88. The van der Waals surface area contributed by atoms with Crippen molar-refractivity contribution in [2.24, 2.45) is 11.8 Å². The molecule has 0 radical (unpaired) electrons. The number of carbonyl (C=O) groups is 1. The SMILES string of the molecule is CCNC(=O)[C@H]1[C@H](CO)[C@H]2Cn3c(ccc(-c4cccnc4)c3=O)[C@H]2N1Cc1ccc2c(c1)OCO2. The Morgan fingerprint density at radius 3 is 2.83 bits per heavy atom. The summed E-state index contributed by atoms with van der Waals surface area (Å²) in [6, 6.07) is 12.6. The smallest absolute Gasteiger partial charge is 0.258 e. The van der Waals surface area contributed by atoms with Gasteiger partial charge in [0.2, 0.25) is 12.7 Å². The van der Waals surface area contributed by atoms with E-state index in [0.717, 1.165) is 16.8 Å². The van der Waals surface area contributed by atoms with Gasteiger partial charge in [-0.15, -0.1) is 0 Å². The predicted molar refractivity (Wildman–Crippen MR) is 131 cm³/mol. The molecule has 3 aromatic rings. The number of carbonyl (C=O) groups excluding carboxylic acids is 1. The summed E-state index contributed by atoms with van der Waals surface area (Å²) in [6.45, 7) is 3.36. The Hall–Kier alpha value is -3.69. The molecule has 0 saturated carbocycles. The fourth-order valence-electron chi connectivity index (χ4n) is 6.06. The van der Waals surface area contributed by atoms with Crippen LogP contribution < -0.4 is 20.3 Å². The van der Waals surface area contributed by atoms with Crippen molar-refractivity contribution in [1.82, 2.24) is 19.8 Å². The third kappa shape index (κ3) is 3.58. The molecular formula is C27H28N4O5. The third-order valence-corrected chi connectivity index (χ3v) is 7.59. The summed E-state index contributed by atoms with van der Waals surface area (Å²) >= 11 is 0. The maximum atomic E-state index is 13.5. The third-order valence-electron chi connectivity index (χ3n) is 7.59. The lowest BCUT2D eigenvalue weighted by molar-refractivity contribution is -0.127. The Labute approximate surface area is 208 Å².